The number of aliphatic imine (C=N–C) groups is 1. The second-order valence-electron chi connectivity index (χ2n) is 8.62. The van der Waals surface area contributed by atoms with Crippen molar-refractivity contribution in [3.8, 4) is 5.75 Å². The Bertz CT molecular complexity index is 725. The molecule has 2 rings (SSSR count). The molecule has 0 aliphatic carbocycles. The van der Waals surface area contributed by atoms with E-state index < -0.39 is 11.7 Å². The van der Waals surface area contributed by atoms with E-state index in [0.717, 1.165) is 48.8 Å². The number of ether oxygens (including phenoxy) is 3. The number of nitrogens with zero attached hydrogens (tertiary/aromatic N) is 1. The zero-order valence-electron chi connectivity index (χ0n) is 19.5. The molecule has 0 saturated carbocycles. The van der Waals surface area contributed by atoms with Gasteiger partial charge in [-0.15, -0.1) is 0 Å². The van der Waals surface area contributed by atoms with Crippen LogP contribution in [0.2, 0.25) is 0 Å². The fraction of sp³-hybridized carbons (Fsp3) is 0.652. The fourth-order valence-electron chi connectivity index (χ4n) is 2.99. The van der Waals surface area contributed by atoms with Crippen molar-refractivity contribution >= 4 is 12.1 Å². The molecule has 0 bridgehead atoms. The van der Waals surface area contributed by atoms with E-state index in [0.29, 0.717) is 26.2 Å². The summed E-state index contributed by atoms with van der Waals surface area (Å²) in [6, 6.07) is 6.20. The van der Waals surface area contributed by atoms with Crippen LogP contribution in [0.1, 0.15) is 51.7 Å². The van der Waals surface area contributed by atoms with Crippen molar-refractivity contribution < 1.29 is 19.0 Å². The molecule has 1 saturated heterocycles. The molecule has 1 unspecified atom stereocenters. The third-order valence-electron chi connectivity index (χ3n) is 4.47. The van der Waals surface area contributed by atoms with Crippen LogP contribution in [-0.4, -0.2) is 56.6 Å². The van der Waals surface area contributed by atoms with Crippen molar-refractivity contribution in [2.75, 3.05) is 32.8 Å². The average Bonchev–Trinajstić information content (AvgIpc) is 3.18. The number of carbonyl (C=O) groups is 1. The van der Waals surface area contributed by atoms with Crippen LogP contribution in [0.5, 0.6) is 5.75 Å². The Hall–Kier alpha value is -2.48. The highest BCUT2D eigenvalue weighted by Gasteiger charge is 2.19. The summed E-state index contributed by atoms with van der Waals surface area (Å²) in [5.41, 5.74) is 1.71. The number of rotatable bonds is 9. The number of hydrogen-bond acceptors (Lipinski definition) is 5. The lowest BCUT2D eigenvalue weighted by molar-refractivity contribution is 0.0527. The summed E-state index contributed by atoms with van der Waals surface area (Å²) in [6.45, 7) is 13.5. The minimum Gasteiger partial charge on any atom is -0.488 e. The Morgan fingerprint density at radius 3 is 2.68 bits per heavy atom. The van der Waals surface area contributed by atoms with Crippen LogP contribution in [0.4, 0.5) is 4.79 Å². The van der Waals surface area contributed by atoms with Crippen LogP contribution in [0, 0.1) is 6.92 Å². The molecular weight excluding hydrogens is 396 g/mol. The number of hydrogen-bond donors (Lipinski definition) is 3. The van der Waals surface area contributed by atoms with Crippen LogP contribution in [-0.2, 0) is 16.0 Å². The molecule has 31 heavy (non-hydrogen) atoms. The number of guanidine groups is 1. The molecule has 8 heteroatoms. The standard InChI is InChI=1S/C23H38N4O4/c1-6-24-21(25-11-7-12-26-22(28)31-23(3,4)5)27-15-18-9-8-17(2)14-20(18)30-19-10-13-29-16-19/h8-9,14,19H,6-7,10-13,15-16H2,1-5H3,(H,26,28)(H2,24,25,27). The predicted molar refractivity (Wildman–Crippen MR) is 123 cm³/mol. The summed E-state index contributed by atoms with van der Waals surface area (Å²) >= 11 is 0. The first-order valence-electron chi connectivity index (χ1n) is 11.1. The first-order chi connectivity index (χ1) is 14.8. The number of alkyl carbamates (subject to hydrolysis) is 1. The number of nitrogens with one attached hydrogen (secondary N) is 3. The molecule has 3 N–H and O–H groups in total. The van der Waals surface area contributed by atoms with E-state index in [4.69, 9.17) is 19.2 Å². The lowest BCUT2D eigenvalue weighted by Gasteiger charge is -2.19. The molecule has 174 valence electrons. The zero-order valence-corrected chi connectivity index (χ0v) is 19.5. The lowest BCUT2D eigenvalue weighted by atomic mass is 10.1. The third-order valence-corrected chi connectivity index (χ3v) is 4.47. The Balaban J connectivity index is 1.84. The highest BCUT2D eigenvalue weighted by Crippen LogP contribution is 2.24. The number of carbonyl (C=O) groups excluding carboxylic acids is 1. The number of amides is 1. The fourth-order valence-corrected chi connectivity index (χ4v) is 2.99. The Kier molecular flexibility index (Phi) is 9.91. The molecule has 0 spiro atoms. The van der Waals surface area contributed by atoms with Gasteiger partial charge in [-0.05, 0) is 52.7 Å². The maximum atomic E-state index is 11.7. The minimum absolute atomic E-state index is 0.105. The summed E-state index contributed by atoms with van der Waals surface area (Å²) in [5, 5.41) is 9.32. The van der Waals surface area contributed by atoms with Gasteiger partial charge in [-0.25, -0.2) is 9.79 Å². The van der Waals surface area contributed by atoms with Gasteiger partial charge < -0.3 is 30.2 Å². The highest BCUT2D eigenvalue weighted by molar-refractivity contribution is 5.79. The molecule has 0 aromatic heterocycles. The molecule has 1 aliphatic heterocycles. The van der Waals surface area contributed by atoms with Gasteiger partial charge in [-0.1, -0.05) is 12.1 Å². The second kappa shape index (κ2) is 12.4. The van der Waals surface area contributed by atoms with Crippen molar-refractivity contribution in [3.05, 3.63) is 29.3 Å². The predicted octanol–water partition coefficient (Wildman–Crippen LogP) is 3.13. The smallest absolute Gasteiger partial charge is 0.407 e. The van der Waals surface area contributed by atoms with E-state index in [9.17, 15) is 4.79 Å². The molecule has 1 amide bonds. The Morgan fingerprint density at radius 2 is 2.00 bits per heavy atom. The van der Waals surface area contributed by atoms with E-state index in [1.807, 2.05) is 27.7 Å². The van der Waals surface area contributed by atoms with E-state index in [1.165, 1.54) is 0 Å². The van der Waals surface area contributed by atoms with Crippen molar-refractivity contribution in [1.29, 1.82) is 0 Å². The van der Waals surface area contributed by atoms with E-state index in [1.54, 1.807) is 0 Å². The van der Waals surface area contributed by atoms with Gasteiger partial charge in [-0.3, -0.25) is 0 Å². The van der Waals surface area contributed by atoms with Crippen LogP contribution in [0.25, 0.3) is 0 Å². The molecule has 8 nitrogen and oxygen atoms in total. The molecule has 1 fully saturated rings. The topological polar surface area (TPSA) is 93.2 Å². The first-order valence-corrected chi connectivity index (χ1v) is 11.1. The van der Waals surface area contributed by atoms with Crippen molar-refractivity contribution in [2.24, 2.45) is 4.99 Å². The number of benzene rings is 1. The second-order valence-corrected chi connectivity index (χ2v) is 8.62. The minimum atomic E-state index is -0.490. The SMILES string of the molecule is CCNC(=NCc1ccc(C)cc1OC1CCOC1)NCCCNC(=O)OC(C)(C)C. The summed E-state index contributed by atoms with van der Waals surface area (Å²) in [4.78, 5) is 16.4. The van der Waals surface area contributed by atoms with Crippen LogP contribution in [0.15, 0.2) is 23.2 Å². The van der Waals surface area contributed by atoms with E-state index in [-0.39, 0.29) is 6.10 Å². The molecule has 1 atom stereocenters. The Labute approximate surface area is 186 Å². The van der Waals surface area contributed by atoms with Crippen LogP contribution >= 0.6 is 0 Å². The van der Waals surface area contributed by atoms with Crippen molar-refractivity contribution in [2.45, 2.75) is 65.7 Å². The summed E-state index contributed by atoms with van der Waals surface area (Å²) in [6.07, 6.45) is 1.38. The molecular formula is C23H38N4O4. The van der Waals surface area contributed by atoms with Gasteiger partial charge in [-0.2, -0.15) is 0 Å². The van der Waals surface area contributed by atoms with Gasteiger partial charge in [0, 0.05) is 31.6 Å². The lowest BCUT2D eigenvalue weighted by Crippen LogP contribution is -2.39. The highest BCUT2D eigenvalue weighted by atomic mass is 16.6. The van der Waals surface area contributed by atoms with Gasteiger partial charge in [0.1, 0.15) is 17.5 Å². The van der Waals surface area contributed by atoms with Crippen molar-refractivity contribution in [3.63, 3.8) is 0 Å². The summed E-state index contributed by atoms with van der Waals surface area (Å²) in [5.74, 6) is 1.60. The van der Waals surface area contributed by atoms with Crippen molar-refractivity contribution in [1.82, 2.24) is 16.0 Å². The quantitative estimate of drug-likeness (QED) is 0.314. The largest absolute Gasteiger partial charge is 0.488 e. The van der Waals surface area contributed by atoms with Gasteiger partial charge in [0.05, 0.1) is 19.8 Å². The van der Waals surface area contributed by atoms with Gasteiger partial charge in [0.2, 0.25) is 0 Å². The maximum Gasteiger partial charge on any atom is 0.407 e. The first kappa shape index (κ1) is 24.8. The monoisotopic (exact) mass is 434 g/mol. The zero-order chi connectivity index (χ0) is 22.7. The Morgan fingerprint density at radius 1 is 1.23 bits per heavy atom. The van der Waals surface area contributed by atoms with E-state index in [2.05, 4.69) is 41.1 Å². The molecule has 1 aromatic carbocycles. The maximum absolute atomic E-state index is 11.7. The average molecular weight is 435 g/mol. The normalized spacial score (nSPS) is 16.7. The summed E-state index contributed by atoms with van der Waals surface area (Å²) < 4.78 is 16.8. The van der Waals surface area contributed by atoms with Gasteiger partial charge >= 0.3 is 6.09 Å². The molecule has 1 heterocycles. The molecule has 1 aromatic rings. The third kappa shape index (κ3) is 9.91. The summed E-state index contributed by atoms with van der Waals surface area (Å²) in [7, 11) is 0. The van der Waals surface area contributed by atoms with Gasteiger partial charge in [0.15, 0.2) is 5.96 Å². The van der Waals surface area contributed by atoms with Crippen LogP contribution in [0.3, 0.4) is 0 Å². The van der Waals surface area contributed by atoms with Gasteiger partial charge in [0.25, 0.3) is 0 Å². The molecule has 1 aliphatic rings. The molecule has 0 radical (unpaired) electrons. The van der Waals surface area contributed by atoms with E-state index >= 15 is 0 Å². The van der Waals surface area contributed by atoms with Crippen LogP contribution < -0.4 is 20.7 Å². The number of aryl methyl sites for hydroxylation is 1.